The predicted octanol–water partition coefficient (Wildman–Crippen LogP) is 4.05. The zero-order valence-electron chi connectivity index (χ0n) is 29.1. The summed E-state index contributed by atoms with van der Waals surface area (Å²) >= 11 is -2.34. The van der Waals surface area contributed by atoms with Crippen molar-refractivity contribution in [2.45, 2.75) is 77.5 Å². The van der Waals surface area contributed by atoms with E-state index >= 15 is 0 Å². The second-order valence-corrected chi connectivity index (χ2v) is 14.6. The highest BCUT2D eigenvalue weighted by Gasteiger charge is 2.53. The van der Waals surface area contributed by atoms with Gasteiger partial charge in [0.2, 0.25) is 11.4 Å². The van der Waals surface area contributed by atoms with E-state index in [9.17, 15) is 34.0 Å². The number of ether oxygens (including phenoxy) is 4. The van der Waals surface area contributed by atoms with E-state index in [4.69, 9.17) is 23.1 Å². The van der Waals surface area contributed by atoms with Crippen LogP contribution in [-0.4, -0.2) is 55.8 Å². The maximum atomic E-state index is 14.5. The number of fused-ring (bicyclic) bond motifs is 3. The molecular formula is C36H38N4O11S. The molecule has 3 aliphatic rings. The summed E-state index contributed by atoms with van der Waals surface area (Å²) in [5.41, 5.74) is -2.25. The number of aromatic nitrogens is 1. The third-order valence-corrected chi connectivity index (χ3v) is 10.7. The quantitative estimate of drug-likeness (QED) is 0.165. The summed E-state index contributed by atoms with van der Waals surface area (Å²) in [6.07, 6.45) is 0.0517. The van der Waals surface area contributed by atoms with Crippen LogP contribution in [0, 0.1) is 26.9 Å². The van der Waals surface area contributed by atoms with Crippen LogP contribution in [0.2, 0.25) is 0 Å². The zero-order valence-corrected chi connectivity index (χ0v) is 29.9. The molecule has 0 N–H and O–H groups in total. The van der Waals surface area contributed by atoms with Crippen LogP contribution < -0.4 is 9.74 Å². The van der Waals surface area contributed by atoms with E-state index in [0.717, 1.165) is 11.1 Å². The highest BCUT2D eigenvalue weighted by atomic mass is 32.2. The molecule has 6 rings (SSSR count). The van der Waals surface area contributed by atoms with Gasteiger partial charge < -0.3 is 27.7 Å². The second kappa shape index (κ2) is 14.2. The fourth-order valence-electron chi connectivity index (χ4n) is 6.71. The number of hydrogen-bond donors (Lipinski definition) is 0. The van der Waals surface area contributed by atoms with Crippen LogP contribution in [0.3, 0.4) is 0 Å². The first-order chi connectivity index (χ1) is 24.8. The van der Waals surface area contributed by atoms with E-state index in [1.165, 1.54) is 39.2 Å². The molecule has 0 radical (unpaired) electrons. The first kappa shape index (κ1) is 36.8. The third-order valence-electron chi connectivity index (χ3n) is 9.56. The van der Waals surface area contributed by atoms with Gasteiger partial charge in [-0.25, -0.2) is 4.79 Å². The van der Waals surface area contributed by atoms with Crippen LogP contribution in [0.5, 0.6) is 5.75 Å². The summed E-state index contributed by atoms with van der Waals surface area (Å²) in [5, 5.41) is 21.5. The smallest absolute Gasteiger partial charge is 0.355 e. The number of carbonyl (C=O) groups excluding carboxylic acids is 2. The van der Waals surface area contributed by atoms with Gasteiger partial charge in [-0.3, -0.25) is 19.7 Å². The molecule has 15 nitrogen and oxygen atoms in total. The summed E-state index contributed by atoms with van der Waals surface area (Å²) in [6, 6.07) is 14.3. The lowest BCUT2D eigenvalue weighted by Crippen LogP contribution is -2.52. The van der Waals surface area contributed by atoms with Gasteiger partial charge in [-0.05, 0) is 42.7 Å². The highest BCUT2D eigenvalue weighted by Crippen LogP contribution is 2.45. The summed E-state index contributed by atoms with van der Waals surface area (Å²) in [7, 11) is 0. The van der Waals surface area contributed by atoms with E-state index in [-0.39, 0.29) is 67.1 Å². The number of pyridine rings is 1. The molecular weight excluding hydrogens is 696 g/mol. The first-order valence-electron chi connectivity index (χ1n) is 16.8. The molecule has 52 heavy (non-hydrogen) atoms. The first-order valence-corrected chi connectivity index (χ1v) is 17.9. The summed E-state index contributed by atoms with van der Waals surface area (Å²) in [4.78, 5) is 53.0. The molecule has 1 spiro atoms. The Morgan fingerprint density at radius 2 is 1.79 bits per heavy atom. The van der Waals surface area contributed by atoms with Crippen LogP contribution in [0.4, 0.5) is 5.69 Å². The predicted molar refractivity (Wildman–Crippen MR) is 183 cm³/mol. The zero-order chi connectivity index (χ0) is 37.4. The number of esters is 2. The Labute approximate surface area is 301 Å². The maximum Gasteiger partial charge on any atom is 0.355 e. The molecule has 0 amide bonds. The summed E-state index contributed by atoms with van der Waals surface area (Å²) in [5.74, 6) is -3.27. The fourth-order valence-corrected chi connectivity index (χ4v) is 7.69. The van der Waals surface area contributed by atoms with E-state index in [1.807, 2.05) is 32.0 Å². The monoisotopic (exact) mass is 734 g/mol. The van der Waals surface area contributed by atoms with Gasteiger partial charge in [0, 0.05) is 49.0 Å². The van der Waals surface area contributed by atoms with E-state index in [1.54, 1.807) is 26.0 Å². The van der Waals surface area contributed by atoms with E-state index in [0.29, 0.717) is 13.2 Å². The van der Waals surface area contributed by atoms with Crippen molar-refractivity contribution in [3.8, 4) is 11.8 Å². The van der Waals surface area contributed by atoms with Gasteiger partial charge in [-0.1, -0.05) is 45.0 Å². The largest absolute Gasteiger partial charge is 0.463 e. The van der Waals surface area contributed by atoms with Gasteiger partial charge in [-0.2, -0.15) is 13.8 Å². The molecule has 3 atom stereocenters. The normalized spacial score (nSPS) is 20.4. The average Bonchev–Trinajstić information content (AvgIpc) is 3.49. The summed E-state index contributed by atoms with van der Waals surface area (Å²) in [6.45, 7) is 7.79. The van der Waals surface area contributed by atoms with Crippen LogP contribution in [0.25, 0.3) is 0 Å². The van der Waals surface area contributed by atoms with Gasteiger partial charge in [0.05, 0.1) is 30.4 Å². The Balaban J connectivity index is 1.41. The minimum atomic E-state index is -2.34. The maximum absolute atomic E-state index is 14.5. The molecule has 3 unspecified atom stereocenters. The van der Waals surface area contributed by atoms with Crippen molar-refractivity contribution in [1.29, 1.82) is 5.26 Å². The lowest BCUT2D eigenvalue weighted by atomic mass is 9.86. The Bertz CT molecular complexity index is 2030. The Kier molecular flexibility index (Phi) is 10.1. The Morgan fingerprint density at radius 1 is 1.12 bits per heavy atom. The summed E-state index contributed by atoms with van der Waals surface area (Å²) < 4.78 is 46.2. The molecule has 1 aromatic heterocycles. The molecule has 16 heteroatoms. The molecule has 0 aliphatic carbocycles. The lowest BCUT2D eigenvalue weighted by Gasteiger charge is -2.41. The van der Waals surface area contributed by atoms with Crippen molar-refractivity contribution >= 4 is 28.9 Å². The van der Waals surface area contributed by atoms with Gasteiger partial charge in [-0.15, -0.1) is 0 Å². The molecule has 3 aliphatic heterocycles. The van der Waals surface area contributed by atoms with Crippen LogP contribution in [0.15, 0.2) is 59.4 Å². The van der Waals surface area contributed by atoms with Gasteiger partial charge in [0.15, 0.2) is 0 Å². The number of nitro groups is 1. The fraction of sp³-hybridized carbons (Fsp3) is 0.444. The molecule has 2 aromatic carbocycles. The topological polar surface area (TPSA) is 190 Å². The number of hydrogen-bond acceptors (Lipinski definition) is 12. The van der Waals surface area contributed by atoms with Crippen molar-refractivity contribution < 1.29 is 41.9 Å². The van der Waals surface area contributed by atoms with E-state index < -0.39 is 56.7 Å². The minimum absolute atomic E-state index is 0.00547. The number of carbonyl (C=O) groups is 2. The highest BCUT2D eigenvalue weighted by molar-refractivity contribution is 7.78. The number of nitriles is 1. The SMILES string of the molecule is CCOC(=O)C(CC)(OC(=O)C1Cc2ccccc2CN1S(=O)Oc1ccc([N+](=O)[O-])cc1)c1cc2n(c(=O)c1C#N)CCC21OCC(C)(C)CO1. The Hall–Kier alpha value is -4.95. The third kappa shape index (κ3) is 6.60. The number of benzene rings is 2. The van der Waals surface area contributed by atoms with Crippen LogP contribution >= 0.6 is 0 Å². The van der Waals surface area contributed by atoms with Crippen LogP contribution in [-0.2, 0) is 70.7 Å². The molecule has 3 aromatic rings. The molecule has 0 saturated carbocycles. The standard InChI is InChI=1S/C36H38N4O11S/c1-5-35(33(43)47-6-2,28-18-30-36(48-21-34(3,4)22-49-36)15-16-38(30)31(41)27(28)19-37)50-32(42)29-17-23-9-7-8-10-24(23)20-39(29)52(46)51-26-13-11-25(12-14-26)40(44)45/h7-14,18,29H,5-6,15-17,20-22H2,1-4H3. The molecule has 1 saturated heterocycles. The molecule has 274 valence electrons. The molecule has 4 heterocycles. The van der Waals surface area contributed by atoms with Gasteiger partial charge in [0.1, 0.15) is 23.4 Å². The second-order valence-electron chi connectivity index (χ2n) is 13.6. The Morgan fingerprint density at radius 3 is 2.40 bits per heavy atom. The van der Waals surface area contributed by atoms with Crippen molar-refractivity contribution in [2.24, 2.45) is 5.41 Å². The van der Waals surface area contributed by atoms with Crippen molar-refractivity contribution in [3.05, 3.63) is 103 Å². The lowest BCUT2D eigenvalue weighted by molar-refractivity contribution is -0.384. The van der Waals surface area contributed by atoms with Crippen molar-refractivity contribution in [2.75, 3.05) is 19.8 Å². The van der Waals surface area contributed by atoms with E-state index in [2.05, 4.69) is 0 Å². The number of rotatable bonds is 10. The van der Waals surface area contributed by atoms with Crippen molar-refractivity contribution in [1.82, 2.24) is 8.87 Å². The number of non-ortho nitro benzene ring substituents is 1. The van der Waals surface area contributed by atoms with Crippen molar-refractivity contribution in [3.63, 3.8) is 0 Å². The molecule has 1 fully saturated rings. The number of nitrogens with zero attached hydrogens (tertiary/aromatic N) is 4. The molecule has 0 bridgehead atoms. The average molecular weight is 735 g/mol. The van der Waals surface area contributed by atoms with Gasteiger partial charge >= 0.3 is 11.9 Å². The number of nitro benzene ring substituents is 1. The van der Waals surface area contributed by atoms with Crippen LogP contribution in [0.1, 0.15) is 68.5 Å². The minimum Gasteiger partial charge on any atom is -0.463 e. The van der Waals surface area contributed by atoms with Gasteiger partial charge in [0.25, 0.3) is 22.5 Å².